The first-order chi connectivity index (χ1) is 12.0. The lowest BCUT2D eigenvalue weighted by molar-refractivity contribution is -0.139. The summed E-state index contributed by atoms with van der Waals surface area (Å²) < 4.78 is 0. The van der Waals surface area contributed by atoms with Gasteiger partial charge < -0.3 is 42.7 Å². The zero-order valence-corrected chi connectivity index (χ0v) is 14.0. The van der Waals surface area contributed by atoms with E-state index in [4.69, 9.17) is 16.6 Å². The number of hydrogen-bond acceptors (Lipinski definition) is 8. The van der Waals surface area contributed by atoms with Crippen molar-refractivity contribution < 1.29 is 39.3 Å². The van der Waals surface area contributed by atoms with Gasteiger partial charge in [0.2, 0.25) is 23.6 Å². The maximum atomic E-state index is 12.1. The monoisotopic (exact) mass is 377 g/mol. The highest BCUT2D eigenvalue weighted by atomic mass is 16.4. The van der Waals surface area contributed by atoms with Gasteiger partial charge in [0.1, 0.15) is 24.7 Å². The van der Waals surface area contributed by atoms with Crippen molar-refractivity contribution in [2.24, 2.45) is 11.5 Å². The summed E-state index contributed by atoms with van der Waals surface area (Å²) in [5.74, 6) is -5.29. The minimum atomic E-state index is -1.53. The number of carbonyl (C=O) groups excluding carboxylic acids is 4. The van der Waals surface area contributed by atoms with Gasteiger partial charge in [0.05, 0.1) is 19.1 Å². The minimum absolute atomic E-state index is 0.642. The van der Waals surface area contributed by atoms with E-state index >= 15 is 0 Å². The van der Waals surface area contributed by atoms with Crippen LogP contribution in [0.15, 0.2) is 0 Å². The fraction of sp³-hybridized carbons (Fsp3) is 0.615. The third-order valence-electron chi connectivity index (χ3n) is 3.09. The molecular formula is C13H23N5O8. The zero-order chi connectivity index (χ0) is 20.4. The van der Waals surface area contributed by atoms with Gasteiger partial charge in [0, 0.05) is 0 Å². The van der Waals surface area contributed by atoms with E-state index in [0.29, 0.717) is 0 Å². The van der Waals surface area contributed by atoms with Crippen LogP contribution in [-0.2, 0) is 24.0 Å². The molecule has 0 aromatic carbocycles. The second-order valence-corrected chi connectivity index (χ2v) is 5.35. The van der Waals surface area contributed by atoms with Crippen molar-refractivity contribution >= 4 is 29.6 Å². The molecule has 4 unspecified atom stereocenters. The van der Waals surface area contributed by atoms with Crippen LogP contribution >= 0.6 is 0 Å². The highest BCUT2D eigenvalue weighted by Crippen LogP contribution is 1.96. The molecule has 0 saturated carbocycles. The van der Waals surface area contributed by atoms with Crippen molar-refractivity contribution in [1.82, 2.24) is 16.0 Å². The molecule has 0 aromatic heterocycles. The average molecular weight is 377 g/mol. The molecule has 0 fully saturated rings. The first kappa shape index (κ1) is 23.2. The van der Waals surface area contributed by atoms with E-state index in [9.17, 15) is 34.2 Å². The number of hydrogen-bond donors (Lipinski definition) is 8. The molecule has 148 valence electrons. The number of amides is 4. The van der Waals surface area contributed by atoms with Crippen LogP contribution in [0.25, 0.3) is 0 Å². The Kier molecular flexibility index (Phi) is 9.80. The molecule has 4 amide bonds. The number of carboxylic acids is 1. The van der Waals surface area contributed by atoms with Crippen LogP contribution < -0.4 is 27.4 Å². The number of carboxylic acid groups (broad SMARTS) is 1. The lowest BCUT2D eigenvalue weighted by Gasteiger charge is -2.23. The van der Waals surface area contributed by atoms with Crippen molar-refractivity contribution in [2.45, 2.75) is 37.6 Å². The number of nitrogens with one attached hydrogen (secondary N) is 3. The van der Waals surface area contributed by atoms with Gasteiger partial charge in [-0.25, -0.2) is 0 Å². The molecule has 10 N–H and O–H groups in total. The lowest BCUT2D eigenvalue weighted by atomic mass is 10.1. The molecular weight excluding hydrogens is 354 g/mol. The van der Waals surface area contributed by atoms with Gasteiger partial charge in [-0.1, -0.05) is 0 Å². The minimum Gasteiger partial charge on any atom is -0.480 e. The summed E-state index contributed by atoms with van der Waals surface area (Å²) in [7, 11) is 0. The lowest BCUT2D eigenvalue weighted by Crippen LogP contribution is -2.58. The predicted octanol–water partition coefficient (Wildman–Crippen LogP) is -5.27. The maximum absolute atomic E-state index is 12.1. The largest absolute Gasteiger partial charge is 0.480 e. The number of aliphatic hydroxyl groups is 2. The van der Waals surface area contributed by atoms with Crippen molar-refractivity contribution in [3.63, 3.8) is 0 Å². The zero-order valence-electron chi connectivity index (χ0n) is 14.0. The Hall–Kier alpha value is -2.77. The van der Waals surface area contributed by atoms with Crippen molar-refractivity contribution in [3.8, 4) is 0 Å². The number of aliphatic hydroxyl groups excluding tert-OH is 2. The van der Waals surface area contributed by atoms with E-state index in [1.165, 1.54) is 6.92 Å². The fourth-order valence-corrected chi connectivity index (χ4v) is 1.65. The van der Waals surface area contributed by atoms with Crippen molar-refractivity contribution in [2.75, 3.05) is 13.2 Å². The molecule has 0 aromatic rings. The quantitative estimate of drug-likeness (QED) is 0.171. The van der Waals surface area contributed by atoms with Crippen LogP contribution in [-0.4, -0.2) is 82.3 Å². The van der Waals surface area contributed by atoms with Crippen LogP contribution in [0.1, 0.15) is 13.3 Å². The molecule has 0 bridgehead atoms. The Morgan fingerprint density at radius 2 is 1.54 bits per heavy atom. The number of carbonyl (C=O) groups is 5. The molecule has 0 heterocycles. The summed E-state index contributed by atoms with van der Waals surface area (Å²) in [5, 5.41) is 33.1. The van der Waals surface area contributed by atoms with E-state index in [1.54, 1.807) is 0 Å². The SMILES string of the molecule is CC(O)C(N)C(=O)NC(CO)C(=O)NC(CC(N)=O)C(=O)NCC(=O)O. The van der Waals surface area contributed by atoms with Crippen LogP contribution in [0.2, 0.25) is 0 Å². The van der Waals surface area contributed by atoms with Gasteiger partial charge in [-0.15, -0.1) is 0 Å². The van der Waals surface area contributed by atoms with Crippen molar-refractivity contribution in [1.29, 1.82) is 0 Å². The number of primary amides is 1. The summed E-state index contributed by atoms with van der Waals surface area (Å²) in [6, 6.07) is -4.41. The van der Waals surface area contributed by atoms with E-state index in [0.717, 1.165) is 0 Å². The van der Waals surface area contributed by atoms with Gasteiger partial charge in [-0.05, 0) is 6.92 Å². The van der Waals surface area contributed by atoms with Crippen LogP contribution in [0.4, 0.5) is 0 Å². The highest BCUT2D eigenvalue weighted by molar-refractivity contribution is 5.95. The molecule has 0 radical (unpaired) electrons. The molecule has 0 spiro atoms. The van der Waals surface area contributed by atoms with Gasteiger partial charge in [0.15, 0.2) is 0 Å². The second-order valence-electron chi connectivity index (χ2n) is 5.35. The van der Waals surface area contributed by atoms with E-state index < -0.39 is 73.4 Å². The Labute approximate surface area is 148 Å². The van der Waals surface area contributed by atoms with Crippen LogP contribution in [0.5, 0.6) is 0 Å². The van der Waals surface area contributed by atoms with Gasteiger partial charge in [0.25, 0.3) is 0 Å². The molecule has 0 aliphatic rings. The Bertz CT molecular complexity index is 553. The summed E-state index contributed by atoms with van der Waals surface area (Å²) in [6.45, 7) is -0.383. The number of nitrogens with two attached hydrogens (primary N) is 2. The molecule has 0 aliphatic carbocycles. The molecule has 4 atom stereocenters. The standard InChI is InChI=1S/C13H23N5O8/c1-5(20)10(15)13(26)18-7(4-19)12(25)17-6(2-8(14)21)11(24)16-3-9(22)23/h5-7,10,19-20H,2-4,15H2,1H3,(H2,14,21)(H,16,24)(H,17,25)(H,18,26)(H,22,23). The van der Waals surface area contributed by atoms with E-state index in [2.05, 4.69) is 10.6 Å². The Morgan fingerprint density at radius 3 is 1.96 bits per heavy atom. The van der Waals surface area contributed by atoms with Crippen LogP contribution in [0.3, 0.4) is 0 Å². The summed E-state index contributed by atoms with van der Waals surface area (Å²) in [5.41, 5.74) is 10.4. The van der Waals surface area contributed by atoms with Crippen molar-refractivity contribution in [3.05, 3.63) is 0 Å². The molecule has 0 aliphatic heterocycles. The van der Waals surface area contributed by atoms with Crippen LogP contribution in [0, 0.1) is 0 Å². The van der Waals surface area contributed by atoms with Gasteiger partial charge >= 0.3 is 5.97 Å². The smallest absolute Gasteiger partial charge is 0.322 e. The second kappa shape index (κ2) is 11.0. The summed E-state index contributed by atoms with van der Waals surface area (Å²) in [4.78, 5) is 57.2. The van der Waals surface area contributed by atoms with E-state index in [1.807, 2.05) is 5.32 Å². The average Bonchev–Trinajstić information content (AvgIpc) is 2.54. The van der Waals surface area contributed by atoms with E-state index in [-0.39, 0.29) is 0 Å². The normalized spacial score (nSPS) is 15.1. The van der Waals surface area contributed by atoms with Gasteiger partial charge in [-0.3, -0.25) is 24.0 Å². The Morgan fingerprint density at radius 1 is 1.00 bits per heavy atom. The molecule has 13 nitrogen and oxygen atoms in total. The maximum Gasteiger partial charge on any atom is 0.322 e. The first-order valence-corrected chi connectivity index (χ1v) is 7.42. The predicted molar refractivity (Wildman–Crippen MR) is 85.1 cm³/mol. The Balaban J connectivity index is 5.01. The third kappa shape index (κ3) is 8.36. The summed E-state index contributed by atoms with van der Waals surface area (Å²) in [6.07, 6.45) is -1.86. The number of aliphatic carboxylic acids is 1. The highest BCUT2D eigenvalue weighted by Gasteiger charge is 2.29. The molecule has 0 rings (SSSR count). The number of rotatable bonds is 11. The first-order valence-electron chi connectivity index (χ1n) is 7.42. The molecule has 13 heteroatoms. The molecule has 26 heavy (non-hydrogen) atoms. The summed E-state index contributed by atoms with van der Waals surface area (Å²) >= 11 is 0. The van der Waals surface area contributed by atoms with Gasteiger partial charge in [-0.2, -0.15) is 0 Å². The topological polar surface area (TPSA) is 234 Å². The molecule has 0 saturated heterocycles. The third-order valence-corrected chi connectivity index (χ3v) is 3.09. The fourth-order valence-electron chi connectivity index (χ4n) is 1.65.